The number of aromatic hydroxyl groups is 1. The van der Waals surface area contributed by atoms with E-state index in [2.05, 4.69) is 9.93 Å². The fourth-order valence-corrected chi connectivity index (χ4v) is 2.51. The summed E-state index contributed by atoms with van der Waals surface area (Å²) in [5, 5.41) is 13.7. The van der Waals surface area contributed by atoms with Gasteiger partial charge in [-0.25, -0.2) is 4.83 Å². The second-order valence-electron chi connectivity index (χ2n) is 4.23. The summed E-state index contributed by atoms with van der Waals surface area (Å²) in [7, 11) is -2.31. The highest BCUT2D eigenvalue weighted by Gasteiger charge is 2.12. The van der Waals surface area contributed by atoms with Crippen LogP contribution in [0.15, 0.2) is 52.5 Å². The number of sulfonamides is 1. The Morgan fingerprint density at radius 2 is 1.91 bits per heavy atom. The van der Waals surface area contributed by atoms with Crippen molar-refractivity contribution < 1.29 is 18.3 Å². The van der Waals surface area contributed by atoms with Crippen molar-refractivity contribution in [1.82, 2.24) is 4.83 Å². The van der Waals surface area contributed by atoms with Crippen LogP contribution < -0.4 is 9.57 Å². The summed E-state index contributed by atoms with van der Waals surface area (Å²) in [6.45, 7) is 0. The number of nitrogens with zero attached hydrogens (tertiary/aromatic N) is 1. The van der Waals surface area contributed by atoms with Crippen molar-refractivity contribution in [2.24, 2.45) is 5.10 Å². The van der Waals surface area contributed by atoms with Crippen LogP contribution in [0.3, 0.4) is 0 Å². The summed E-state index contributed by atoms with van der Waals surface area (Å²) >= 11 is 5.71. The van der Waals surface area contributed by atoms with Gasteiger partial charge in [0, 0.05) is 10.6 Å². The molecule has 0 spiro atoms. The number of phenols is 1. The molecule has 0 bridgehead atoms. The third-order valence-corrected chi connectivity index (χ3v) is 4.23. The monoisotopic (exact) mass is 340 g/mol. The Kier molecular flexibility index (Phi) is 4.89. The van der Waals surface area contributed by atoms with Crippen LogP contribution in [0.4, 0.5) is 0 Å². The van der Waals surface area contributed by atoms with Gasteiger partial charge in [0.2, 0.25) is 0 Å². The molecule has 116 valence electrons. The number of rotatable bonds is 5. The van der Waals surface area contributed by atoms with E-state index >= 15 is 0 Å². The number of benzene rings is 2. The highest BCUT2D eigenvalue weighted by Crippen LogP contribution is 2.21. The molecule has 2 aromatic rings. The fraction of sp³-hybridized carbons (Fsp3) is 0.0714. The Bertz CT molecular complexity index is 789. The number of ether oxygens (including phenoxy) is 1. The Morgan fingerprint density at radius 3 is 2.55 bits per heavy atom. The zero-order valence-electron chi connectivity index (χ0n) is 11.5. The van der Waals surface area contributed by atoms with Crippen molar-refractivity contribution in [3.8, 4) is 11.5 Å². The standard InChI is InChI=1S/C14H13ClN2O4S/c1-21-12-4-7-14(18)10(8-12)9-16-17-22(19,20)13-5-2-11(15)3-6-13/h2-9,17-18H,1H3/b16-9+. The first-order valence-electron chi connectivity index (χ1n) is 6.10. The lowest BCUT2D eigenvalue weighted by Crippen LogP contribution is -2.18. The van der Waals surface area contributed by atoms with Gasteiger partial charge in [0.1, 0.15) is 11.5 Å². The van der Waals surface area contributed by atoms with Gasteiger partial charge in [0.25, 0.3) is 10.0 Å². The molecule has 2 rings (SSSR count). The summed E-state index contributed by atoms with van der Waals surface area (Å²) in [4.78, 5) is 2.09. The van der Waals surface area contributed by atoms with Gasteiger partial charge in [0.15, 0.2) is 0 Å². The van der Waals surface area contributed by atoms with Gasteiger partial charge < -0.3 is 9.84 Å². The van der Waals surface area contributed by atoms with Crippen LogP contribution in [0, 0.1) is 0 Å². The first kappa shape index (κ1) is 16.1. The molecule has 2 aromatic carbocycles. The van der Waals surface area contributed by atoms with E-state index in [1.807, 2.05) is 0 Å². The maximum absolute atomic E-state index is 12.0. The molecule has 0 saturated heterocycles. The van der Waals surface area contributed by atoms with E-state index in [4.69, 9.17) is 16.3 Å². The van der Waals surface area contributed by atoms with E-state index in [0.29, 0.717) is 16.3 Å². The molecule has 0 aliphatic rings. The molecule has 0 fully saturated rings. The van der Waals surface area contributed by atoms with E-state index < -0.39 is 10.0 Å². The van der Waals surface area contributed by atoms with Crippen LogP contribution in [0.5, 0.6) is 11.5 Å². The number of nitrogens with one attached hydrogen (secondary N) is 1. The molecule has 22 heavy (non-hydrogen) atoms. The van der Waals surface area contributed by atoms with Gasteiger partial charge in [-0.3, -0.25) is 0 Å². The van der Waals surface area contributed by atoms with Crippen LogP contribution in [0.25, 0.3) is 0 Å². The molecule has 0 atom stereocenters. The lowest BCUT2D eigenvalue weighted by Gasteiger charge is -2.04. The predicted octanol–water partition coefficient (Wildman–Crippen LogP) is 2.37. The molecule has 0 heterocycles. The maximum Gasteiger partial charge on any atom is 0.276 e. The summed E-state index contributed by atoms with van der Waals surface area (Å²) in [6.07, 6.45) is 1.19. The van der Waals surface area contributed by atoms with Crippen molar-refractivity contribution in [3.05, 3.63) is 53.1 Å². The fourth-order valence-electron chi connectivity index (χ4n) is 1.59. The van der Waals surface area contributed by atoms with Crippen molar-refractivity contribution in [2.45, 2.75) is 4.90 Å². The van der Waals surface area contributed by atoms with E-state index in [-0.39, 0.29) is 10.6 Å². The van der Waals surface area contributed by atoms with E-state index in [0.717, 1.165) is 0 Å². The number of phenolic OH excluding ortho intramolecular Hbond substituents is 1. The SMILES string of the molecule is COc1ccc(O)c(/C=N/NS(=O)(=O)c2ccc(Cl)cc2)c1. The lowest BCUT2D eigenvalue weighted by molar-refractivity contribution is 0.412. The molecule has 2 N–H and O–H groups in total. The summed E-state index contributed by atoms with van der Waals surface area (Å²) in [5.74, 6) is 0.468. The molecule has 0 aliphatic heterocycles. The molecule has 0 unspecified atom stereocenters. The average molecular weight is 341 g/mol. The van der Waals surface area contributed by atoms with Crippen molar-refractivity contribution in [3.63, 3.8) is 0 Å². The third kappa shape index (κ3) is 3.90. The molecular formula is C14H13ClN2O4S. The number of hydrazone groups is 1. The van der Waals surface area contributed by atoms with Gasteiger partial charge in [-0.15, -0.1) is 0 Å². The summed E-state index contributed by atoms with van der Waals surface area (Å²) < 4.78 is 29.0. The molecule has 0 amide bonds. The zero-order valence-corrected chi connectivity index (χ0v) is 13.1. The first-order valence-corrected chi connectivity index (χ1v) is 7.96. The summed E-state index contributed by atoms with van der Waals surface area (Å²) in [5.41, 5.74) is 0.318. The average Bonchev–Trinajstić information content (AvgIpc) is 2.49. The second kappa shape index (κ2) is 6.67. The topological polar surface area (TPSA) is 88.0 Å². The quantitative estimate of drug-likeness (QED) is 0.646. The van der Waals surface area contributed by atoms with Crippen molar-refractivity contribution in [2.75, 3.05) is 7.11 Å². The van der Waals surface area contributed by atoms with Gasteiger partial charge >= 0.3 is 0 Å². The number of methoxy groups -OCH3 is 1. The zero-order chi connectivity index (χ0) is 16.2. The smallest absolute Gasteiger partial charge is 0.276 e. The number of hydrogen-bond donors (Lipinski definition) is 2. The highest BCUT2D eigenvalue weighted by molar-refractivity contribution is 7.89. The predicted molar refractivity (Wildman–Crippen MR) is 84.0 cm³/mol. The maximum atomic E-state index is 12.0. The molecule has 0 aliphatic carbocycles. The Balaban J connectivity index is 2.16. The molecule has 0 radical (unpaired) electrons. The van der Waals surface area contributed by atoms with Crippen LogP contribution >= 0.6 is 11.6 Å². The molecular weight excluding hydrogens is 328 g/mol. The van der Waals surface area contributed by atoms with E-state index in [1.165, 1.54) is 49.7 Å². The van der Waals surface area contributed by atoms with Gasteiger partial charge in [-0.05, 0) is 42.5 Å². The first-order chi connectivity index (χ1) is 10.4. The highest BCUT2D eigenvalue weighted by atomic mass is 35.5. The van der Waals surface area contributed by atoms with Gasteiger partial charge in [0.05, 0.1) is 18.2 Å². The molecule has 6 nitrogen and oxygen atoms in total. The minimum atomic E-state index is -3.80. The van der Waals surface area contributed by atoms with Gasteiger partial charge in [-0.1, -0.05) is 11.6 Å². The summed E-state index contributed by atoms with van der Waals surface area (Å²) in [6, 6.07) is 10.2. The second-order valence-corrected chi connectivity index (χ2v) is 6.33. The van der Waals surface area contributed by atoms with Crippen LogP contribution in [0.2, 0.25) is 5.02 Å². The van der Waals surface area contributed by atoms with E-state index in [1.54, 1.807) is 6.07 Å². The molecule has 8 heteroatoms. The Hall–Kier alpha value is -2.25. The minimum absolute atomic E-state index is 0.0314. The van der Waals surface area contributed by atoms with Crippen LogP contribution in [0.1, 0.15) is 5.56 Å². The van der Waals surface area contributed by atoms with Crippen LogP contribution in [-0.4, -0.2) is 26.8 Å². The Labute approximate surface area is 133 Å². The molecule has 0 aromatic heterocycles. The van der Waals surface area contributed by atoms with Gasteiger partial charge in [-0.2, -0.15) is 13.5 Å². The van der Waals surface area contributed by atoms with E-state index in [9.17, 15) is 13.5 Å². The Morgan fingerprint density at radius 1 is 1.23 bits per heavy atom. The minimum Gasteiger partial charge on any atom is -0.507 e. The van der Waals surface area contributed by atoms with Crippen LogP contribution in [-0.2, 0) is 10.0 Å². The van der Waals surface area contributed by atoms with Crippen molar-refractivity contribution >= 4 is 27.8 Å². The number of hydrogen-bond acceptors (Lipinski definition) is 5. The normalized spacial score (nSPS) is 11.5. The lowest BCUT2D eigenvalue weighted by atomic mass is 10.2. The molecule has 0 saturated carbocycles. The number of halogens is 1. The van der Waals surface area contributed by atoms with Crippen molar-refractivity contribution in [1.29, 1.82) is 0 Å². The largest absolute Gasteiger partial charge is 0.507 e. The third-order valence-electron chi connectivity index (χ3n) is 2.74.